The molecule has 158 valence electrons. The minimum absolute atomic E-state index is 0.0571. The molecule has 1 fully saturated rings. The average Bonchev–Trinajstić information content (AvgIpc) is 3.00. The van der Waals surface area contributed by atoms with Gasteiger partial charge in [-0.3, -0.25) is 9.59 Å². The predicted molar refractivity (Wildman–Crippen MR) is 113 cm³/mol. The third-order valence-corrected chi connectivity index (χ3v) is 7.46. The summed E-state index contributed by atoms with van der Waals surface area (Å²) in [7, 11) is -4.06. The van der Waals surface area contributed by atoms with Crippen molar-refractivity contribution in [1.29, 1.82) is 0 Å². The van der Waals surface area contributed by atoms with Crippen LogP contribution in [0.25, 0.3) is 0 Å². The lowest BCUT2D eigenvalue weighted by atomic mass is 9.91. The van der Waals surface area contributed by atoms with Gasteiger partial charge in [-0.1, -0.05) is 51.0 Å². The largest absolute Gasteiger partial charge is 0.367 e. The number of hydrogen-bond donors (Lipinski definition) is 0. The van der Waals surface area contributed by atoms with E-state index >= 15 is 0 Å². The first-order valence-corrected chi connectivity index (χ1v) is 12.0. The molecule has 7 heteroatoms. The van der Waals surface area contributed by atoms with E-state index < -0.39 is 15.8 Å². The van der Waals surface area contributed by atoms with Crippen LogP contribution in [0, 0.1) is 0 Å². The molecule has 2 aliphatic rings. The zero-order valence-electron chi connectivity index (χ0n) is 17.3. The highest BCUT2D eigenvalue weighted by Gasteiger charge is 2.43. The Bertz CT molecular complexity index is 906. The highest BCUT2D eigenvalue weighted by Crippen LogP contribution is 2.34. The minimum Gasteiger partial charge on any atom is -0.367 e. The molecule has 0 N–H and O–H groups in total. The molecule has 3 rings (SSSR count). The van der Waals surface area contributed by atoms with Crippen LogP contribution < -0.4 is 0 Å². The van der Waals surface area contributed by atoms with E-state index in [9.17, 15) is 18.0 Å². The molecule has 1 saturated heterocycles. The van der Waals surface area contributed by atoms with E-state index in [0.29, 0.717) is 31.7 Å². The minimum atomic E-state index is -4.06. The highest BCUT2D eigenvalue weighted by molar-refractivity contribution is 7.94. The molecule has 0 bridgehead atoms. The lowest BCUT2D eigenvalue weighted by Crippen LogP contribution is -2.42. The van der Waals surface area contributed by atoms with E-state index in [1.807, 2.05) is 13.8 Å². The van der Waals surface area contributed by atoms with Crippen LogP contribution in [-0.4, -0.2) is 55.4 Å². The van der Waals surface area contributed by atoms with E-state index in [0.717, 1.165) is 38.5 Å². The van der Waals surface area contributed by atoms with E-state index in [-0.39, 0.29) is 21.9 Å². The topological polar surface area (TPSA) is 74.8 Å². The van der Waals surface area contributed by atoms with Crippen molar-refractivity contribution in [3.63, 3.8) is 0 Å². The molecule has 29 heavy (non-hydrogen) atoms. The lowest BCUT2D eigenvalue weighted by molar-refractivity contribution is 0.0945. The first kappa shape index (κ1) is 21.7. The summed E-state index contributed by atoms with van der Waals surface area (Å²) in [6, 6.07) is 6.54. The van der Waals surface area contributed by atoms with Crippen molar-refractivity contribution in [3.8, 4) is 0 Å². The Morgan fingerprint density at radius 3 is 1.90 bits per heavy atom. The quantitative estimate of drug-likeness (QED) is 0.676. The summed E-state index contributed by atoms with van der Waals surface area (Å²) in [6.45, 7) is 5.81. The van der Waals surface area contributed by atoms with Crippen molar-refractivity contribution in [2.45, 2.75) is 52.4 Å². The fraction of sp³-hybridized carbons (Fsp3) is 0.545. The number of rotatable bonds is 7. The maximum Gasteiger partial charge on any atom is 0.249 e. The zero-order valence-corrected chi connectivity index (χ0v) is 18.1. The van der Waals surface area contributed by atoms with Crippen molar-refractivity contribution in [3.05, 3.63) is 46.0 Å². The number of ketones is 2. The highest BCUT2D eigenvalue weighted by atomic mass is 32.2. The van der Waals surface area contributed by atoms with Crippen molar-refractivity contribution < 1.29 is 18.0 Å². The fourth-order valence-electron chi connectivity index (χ4n) is 4.15. The van der Waals surface area contributed by atoms with E-state index in [4.69, 9.17) is 0 Å². The van der Waals surface area contributed by atoms with Gasteiger partial charge >= 0.3 is 0 Å². The number of nitrogens with zero attached hydrogens (tertiary/aromatic N) is 2. The molecule has 6 nitrogen and oxygen atoms in total. The summed E-state index contributed by atoms with van der Waals surface area (Å²) in [5.41, 5.74) is 0.531. The van der Waals surface area contributed by atoms with Crippen LogP contribution in [0.4, 0.5) is 0 Å². The van der Waals surface area contributed by atoms with Crippen molar-refractivity contribution in [2.24, 2.45) is 0 Å². The standard InChI is InChI=1S/C22H30N2O4S/c1-3-13-23(14-4-2)19-20(25)17-11-7-8-12-18(17)21(26)22(19)29(27,28)24-15-9-5-6-10-16-24/h7-8,11-12H,3-6,9-10,13-16H2,1-2H3. The van der Waals surface area contributed by atoms with Crippen molar-refractivity contribution in [1.82, 2.24) is 9.21 Å². The second kappa shape index (κ2) is 9.22. The summed E-state index contributed by atoms with van der Waals surface area (Å²) in [5.74, 6) is -0.924. The molecular weight excluding hydrogens is 388 g/mol. The van der Waals surface area contributed by atoms with Crippen molar-refractivity contribution in [2.75, 3.05) is 26.2 Å². The molecule has 1 aromatic rings. The molecule has 0 saturated carbocycles. The van der Waals surface area contributed by atoms with Crippen LogP contribution in [0.5, 0.6) is 0 Å². The van der Waals surface area contributed by atoms with Crippen LogP contribution in [0.2, 0.25) is 0 Å². The average molecular weight is 419 g/mol. The number of carbonyl (C=O) groups is 2. The van der Waals surface area contributed by atoms with E-state index in [1.165, 1.54) is 4.31 Å². The Morgan fingerprint density at radius 1 is 0.862 bits per heavy atom. The monoisotopic (exact) mass is 418 g/mol. The molecule has 1 aliphatic heterocycles. The van der Waals surface area contributed by atoms with Gasteiger partial charge in [0.25, 0.3) is 0 Å². The Balaban J connectivity index is 2.21. The van der Waals surface area contributed by atoms with Crippen LogP contribution in [0.3, 0.4) is 0 Å². The second-order valence-electron chi connectivity index (χ2n) is 7.69. The maximum absolute atomic E-state index is 13.7. The Kier molecular flexibility index (Phi) is 6.90. The summed E-state index contributed by atoms with van der Waals surface area (Å²) >= 11 is 0. The molecule has 0 atom stereocenters. The van der Waals surface area contributed by atoms with Crippen LogP contribution in [0.15, 0.2) is 34.9 Å². The van der Waals surface area contributed by atoms with Gasteiger partial charge in [0.05, 0.1) is 0 Å². The van der Waals surface area contributed by atoms with Gasteiger partial charge < -0.3 is 4.90 Å². The molecule has 0 aromatic heterocycles. The third-order valence-electron chi connectivity index (χ3n) is 5.52. The number of allylic oxidation sites excluding steroid dienone is 2. The normalized spacial score (nSPS) is 18.6. The second-order valence-corrected chi connectivity index (χ2v) is 9.56. The summed E-state index contributed by atoms with van der Waals surface area (Å²) in [4.78, 5) is 28.3. The molecule has 1 heterocycles. The number of sulfonamides is 1. The van der Waals surface area contributed by atoms with Gasteiger partial charge in [0, 0.05) is 37.3 Å². The van der Waals surface area contributed by atoms with E-state index in [2.05, 4.69) is 0 Å². The number of fused-ring (bicyclic) bond motifs is 1. The predicted octanol–water partition coefficient (Wildman–Crippen LogP) is 3.61. The smallest absolute Gasteiger partial charge is 0.249 e. The van der Waals surface area contributed by atoms with Gasteiger partial charge in [-0.15, -0.1) is 0 Å². The number of benzene rings is 1. The van der Waals surface area contributed by atoms with Gasteiger partial charge in [-0.25, -0.2) is 8.42 Å². The summed E-state index contributed by atoms with van der Waals surface area (Å²) in [5, 5.41) is 0. The van der Waals surface area contributed by atoms with Crippen LogP contribution in [-0.2, 0) is 10.0 Å². The van der Waals surface area contributed by atoms with Crippen LogP contribution >= 0.6 is 0 Å². The van der Waals surface area contributed by atoms with Gasteiger partial charge in [0.2, 0.25) is 21.6 Å². The van der Waals surface area contributed by atoms with E-state index in [1.54, 1.807) is 29.2 Å². The zero-order chi connectivity index (χ0) is 21.0. The molecule has 0 spiro atoms. The summed E-state index contributed by atoms with van der Waals surface area (Å²) in [6.07, 6.45) is 5.01. The Labute approximate surface area is 173 Å². The first-order valence-electron chi connectivity index (χ1n) is 10.6. The van der Waals surface area contributed by atoms with Gasteiger partial charge in [0.15, 0.2) is 4.91 Å². The Hall–Kier alpha value is -1.99. The number of hydrogen-bond acceptors (Lipinski definition) is 5. The van der Waals surface area contributed by atoms with Gasteiger partial charge in [-0.05, 0) is 25.7 Å². The third kappa shape index (κ3) is 4.16. The fourth-order valence-corrected chi connectivity index (χ4v) is 5.96. The SMILES string of the molecule is CCCN(CCC)C1=C(S(=O)(=O)N2CCCCCC2)C(=O)c2ccccc2C1=O. The molecular formula is C22H30N2O4S. The van der Waals surface area contributed by atoms with Crippen LogP contribution in [0.1, 0.15) is 73.1 Å². The first-order chi connectivity index (χ1) is 13.9. The number of Topliss-reactive ketones (excluding diaryl/α,β-unsaturated/α-hetero) is 2. The lowest BCUT2D eigenvalue weighted by Gasteiger charge is -2.32. The van der Waals surface area contributed by atoms with Gasteiger partial charge in [-0.2, -0.15) is 4.31 Å². The van der Waals surface area contributed by atoms with Gasteiger partial charge in [0.1, 0.15) is 5.70 Å². The number of carbonyl (C=O) groups excluding carboxylic acids is 2. The van der Waals surface area contributed by atoms with Crippen molar-refractivity contribution >= 4 is 21.6 Å². The molecule has 0 radical (unpaired) electrons. The Morgan fingerprint density at radius 2 is 1.38 bits per heavy atom. The molecule has 1 aliphatic carbocycles. The maximum atomic E-state index is 13.7. The summed E-state index contributed by atoms with van der Waals surface area (Å²) < 4.78 is 28.7. The molecule has 1 aromatic carbocycles. The molecule has 0 amide bonds. The molecule has 0 unspecified atom stereocenters.